The van der Waals surface area contributed by atoms with Crippen molar-refractivity contribution in [1.82, 2.24) is 4.90 Å². The van der Waals surface area contributed by atoms with Crippen LogP contribution in [0.2, 0.25) is 0 Å². The molecule has 0 radical (unpaired) electrons. The van der Waals surface area contributed by atoms with Crippen LogP contribution in [0.25, 0.3) is 0 Å². The van der Waals surface area contributed by atoms with Crippen molar-refractivity contribution in [3.05, 3.63) is 101 Å². The Hall–Kier alpha value is -4.26. The molecule has 1 saturated heterocycles. The van der Waals surface area contributed by atoms with E-state index in [0.717, 1.165) is 39.1 Å². The Morgan fingerprint density at radius 1 is 0.784 bits per heavy atom. The zero-order chi connectivity index (χ0) is 25.7. The molecule has 1 N–H and O–H groups in total. The van der Waals surface area contributed by atoms with Gasteiger partial charge in [0.25, 0.3) is 5.91 Å². The summed E-state index contributed by atoms with van der Waals surface area (Å²) >= 11 is 0. The Labute approximate surface area is 214 Å². The van der Waals surface area contributed by atoms with Gasteiger partial charge in [-0.15, -0.1) is 0 Å². The second kappa shape index (κ2) is 9.00. The van der Waals surface area contributed by atoms with E-state index in [0.29, 0.717) is 5.69 Å². The molecule has 7 heteroatoms. The van der Waals surface area contributed by atoms with Crippen molar-refractivity contribution in [2.24, 2.45) is 11.8 Å². The highest BCUT2D eigenvalue weighted by Gasteiger charge is 2.61. The predicted molar refractivity (Wildman–Crippen MR) is 136 cm³/mol. The van der Waals surface area contributed by atoms with Gasteiger partial charge < -0.3 is 10.1 Å². The lowest BCUT2D eigenvalue weighted by atomic mass is 9.55. The van der Waals surface area contributed by atoms with Crippen LogP contribution in [-0.2, 0) is 30.3 Å². The lowest BCUT2D eigenvalue weighted by Crippen LogP contribution is -2.41. The number of likely N-dealkylation sites (tertiary alicyclic amines) is 1. The fourth-order valence-corrected chi connectivity index (χ4v) is 6.35. The van der Waals surface area contributed by atoms with Gasteiger partial charge in [-0.05, 0) is 40.3 Å². The number of amides is 3. The maximum absolute atomic E-state index is 13.6. The van der Waals surface area contributed by atoms with E-state index in [-0.39, 0.29) is 23.7 Å². The van der Waals surface area contributed by atoms with E-state index < -0.39 is 36.9 Å². The molecular weight excluding hydrogens is 468 g/mol. The zero-order valence-electron chi connectivity index (χ0n) is 20.3. The number of carbonyl (C=O) groups excluding carboxylic acids is 4. The minimum Gasteiger partial charge on any atom is -0.454 e. The average molecular weight is 495 g/mol. The molecule has 3 amide bonds. The fraction of sp³-hybridized carbons (Fsp3) is 0.267. The second-order valence-corrected chi connectivity index (χ2v) is 9.75. The van der Waals surface area contributed by atoms with Gasteiger partial charge in [-0.1, -0.05) is 73.7 Å². The van der Waals surface area contributed by atoms with Crippen LogP contribution in [-0.4, -0.2) is 41.7 Å². The molecule has 0 spiro atoms. The van der Waals surface area contributed by atoms with Crippen molar-refractivity contribution in [2.75, 3.05) is 18.5 Å². The monoisotopic (exact) mass is 494 g/mol. The van der Waals surface area contributed by atoms with E-state index >= 15 is 0 Å². The molecule has 7 nitrogen and oxygen atoms in total. The first kappa shape index (κ1) is 23.2. The summed E-state index contributed by atoms with van der Waals surface area (Å²) in [4.78, 5) is 53.2. The Balaban J connectivity index is 1.18. The van der Waals surface area contributed by atoms with Crippen LogP contribution in [0.3, 0.4) is 0 Å². The Morgan fingerprint density at radius 2 is 1.27 bits per heavy atom. The molecule has 2 atom stereocenters. The van der Waals surface area contributed by atoms with Crippen LogP contribution in [0.1, 0.15) is 46.6 Å². The number of hydrogen-bond acceptors (Lipinski definition) is 5. The van der Waals surface area contributed by atoms with Crippen molar-refractivity contribution >= 4 is 29.4 Å². The van der Waals surface area contributed by atoms with Gasteiger partial charge in [-0.25, -0.2) is 0 Å². The number of rotatable bonds is 6. The first-order valence-corrected chi connectivity index (χ1v) is 12.6. The van der Waals surface area contributed by atoms with Crippen LogP contribution >= 0.6 is 0 Å². The summed E-state index contributed by atoms with van der Waals surface area (Å²) < 4.78 is 5.16. The number of anilines is 1. The van der Waals surface area contributed by atoms with Crippen molar-refractivity contribution in [3.8, 4) is 0 Å². The van der Waals surface area contributed by atoms with E-state index in [1.54, 1.807) is 6.07 Å². The average Bonchev–Trinajstić information content (AvgIpc) is 3.17. The molecule has 0 aromatic heterocycles. The van der Waals surface area contributed by atoms with Crippen LogP contribution in [0, 0.1) is 11.8 Å². The summed E-state index contributed by atoms with van der Waals surface area (Å²) in [6, 6.07) is 23.3. The first-order valence-electron chi connectivity index (χ1n) is 12.6. The second-order valence-electron chi connectivity index (χ2n) is 9.75. The van der Waals surface area contributed by atoms with E-state index in [1.807, 2.05) is 73.7 Å². The fourth-order valence-electron chi connectivity index (χ4n) is 6.35. The van der Waals surface area contributed by atoms with Crippen molar-refractivity contribution in [2.45, 2.75) is 25.2 Å². The van der Waals surface area contributed by atoms with Crippen LogP contribution in [0.15, 0.2) is 72.8 Å². The molecule has 0 saturated carbocycles. The molecule has 1 aliphatic heterocycles. The molecule has 7 rings (SSSR count). The molecule has 37 heavy (non-hydrogen) atoms. The predicted octanol–water partition coefficient (Wildman–Crippen LogP) is 3.62. The standard InChI is InChI=1S/C30H26N2O5/c1-2-17-9-3-8-14-22(17)31-23(33)16-37-24(34)15-32-29(35)27-25-18-10-4-5-11-19(18)26(28(27)30(32)36)21-13-7-6-12-20(21)25/h3-14,25-28H,2,15-16H2,1H3,(H,31,33)/t25?,26?,27-,28+. The van der Waals surface area contributed by atoms with E-state index in [9.17, 15) is 19.2 Å². The summed E-state index contributed by atoms with van der Waals surface area (Å²) in [6.45, 7) is 0.980. The molecule has 3 aromatic carbocycles. The molecule has 1 heterocycles. The van der Waals surface area contributed by atoms with Gasteiger partial charge in [0.2, 0.25) is 11.8 Å². The number of aryl methyl sites for hydroxylation is 1. The van der Waals surface area contributed by atoms with Crippen molar-refractivity contribution in [1.29, 1.82) is 0 Å². The molecule has 186 valence electrons. The van der Waals surface area contributed by atoms with Crippen LogP contribution < -0.4 is 5.32 Å². The summed E-state index contributed by atoms with van der Waals surface area (Å²) in [5.41, 5.74) is 5.91. The quantitative estimate of drug-likeness (QED) is 0.417. The maximum atomic E-state index is 13.6. The molecule has 2 bridgehead atoms. The number of nitrogens with zero attached hydrogens (tertiary/aromatic N) is 1. The first-order chi connectivity index (χ1) is 18.0. The molecule has 1 fully saturated rings. The number of hydrogen-bond donors (Lipinski definition) is 1. The van der Waals surface area contributed by atoms with Crippen molar-refractivity contribution < 1.29 is 23.9 Å². The topological polar surface area (TPSA) is 92.8 Å². The van der Waals surface area contributed by atoms with E-state index in [4.69, 9.17) is 4.74 Å². The third-order valence-electron chi connectivity index (χ3n) is 7.86. The van der Waals surface area contributed by atoms with Gasteiger partial charge in [-0.3, -0.25) is 24.1 Å². The summed E-state index contributed by atoms with van der Waals surface area (Å²) in [6.07, 6.45) is 0.744. The molecular formula is C30H26N2O5. The highest BCUT2D eigenvalue weighted by Crippen LogP contribution is 2.60. The number of carbonyl (C=O) groups is 4. The number of benzene rings is 3. The third kappa shape index (κ3) is 3.65. The van der Waals surface area contributed by atoms with Gasteiger partial charge in [0.05, 0.1) is 11.8 Å². The minimum absolute atomic E-state index is 0.232. The highest BCUT2D eigenvalue weighted by molar-refractivity contribution is 6.09. The van der Waals surface area contributed by atoms with Gasteiger partial charge in [0, 0.05) is 17.5 Å². The minimum atomic E-state index is -0.790. The number of esters is 1. The Kier molecular flexibility index (Phi) is 5.63. The summed E-state index contributed by atoms with van der Waals surface area (Å²) in [5.74, 6) is -3.55. The lowest BCUT2D eigenvalue weighted by Gasteiger charge is -2.45. The highest BCUT2D eigenvalue weighted by atomic mass is 16.5. The summed E-state index contributed by atoms with van der Waals surface area (Å²) in [7, 11) is 0. The number of ether oxygens (including phenoxy) is 1. The SMILES string of the molecule is CCc1ccccc1NC(=O)COC(=O)CN1C(=O)[C@@H]2C3c4ccccc4C(c4ccccc43)[C@@H]2C1=O. The maximum Gasteiger partial charge on any atom is 0.326 e. The van der Waals surface area contributed by atoms with Gasteiger partial charge in [-0.2, -0.15) is 0 Å². The lowest BCUT2D eigenvalue weighted by molar-refractivity contribution is -0.154. The van der Waals surface area contributed by atoms with E-state index in [1.165, 1.54) is 0 Å². The van der Waals surface area contributed by atoms with E-state index in [2.05, 4.69) is 5.32 Å². The summed E-state index contributed by atoms with van der Waals surface area (Å²) in [5, 5.41) is 2.75. The molecule has 0 unspecified atom stereocenters. The van der Waals surface area contributed by atoms with Gasteiger partial charge in [0.1, 0.15) is 6.54 Å². The zero-order valence-corrected chi connectivity index (χ0v) is 20.3. The number of nitrogens with one attached hydrogen (secondary N) is 1. The van der Waals surface area contributed by atoms with Crippen LogP contribution in [0.4, 0.5) is 5.69 Å². The third-order valence-corrected chi connectivity index (χ3v) is 7.86. The molecule has 3 aromatic rings. The smallest absolute Gasteiger partial charge is 0.326 e. The Bertz CT molecular complexity index is 1330. The van der Waals surface area contributed by atoms with Crippen LogP contribution in [0.5, 0.6) is 0 Å². The number of para-hydroxylation sites is 1. The number of imide groups is 1. The van der Waals surface area contributed by atoms with Gasteiger partial charge >= 0.3 is 5.97 Å². The normalized spacial score (nSPS) is 22.8. The molecule has 4 aliphatic rings. The van der Waals surface area contributed by atoms with Crippen molar-refractivity contribution in [3.63, 3.8) is 0 Å². The molecule has 3 aliphatic carbocycles. The van der Waals surface area contributed by atoms with Gasteiger partial charge in [0.15, 0.2) is 6.61 Å². The largest absolute Gasteiger partial charge is 0.454 e. The Morgan fingerprint density at radius 3 is 1.78 bits per heavy atom.